The summed E-state index contributed by atoms with van der Waals surface area (Å²) < 4.78 is 31.5. The van der Waals surface area contributed by atoms with E-state index >= 15 is 0 Å². The molecule has 0 fully saturated rings. The van der Waals surface area contributed by atoms with Crippen LogP contribution >= 0.6 is 7.92 Å². The van der Waals surface area contributed by atoms with E-state index in [1.807, 2.05) is 97.1 Å². The van der Waals surface area contributed by atoms with Crippen molar-refractivity contribution >= 4 is 45.4 Å². The standard InChI is InChI=1S/C47H45O6P/c1-47(2,3)40-27-37(49-4)28-43(44(40)48)54(41-25-23-35-19-11-13-21-38(35)45(41)52-31-50-29-33-15-7-5-8-16-33)42-26-24-36-20-12-14-22-39(36)46(42)53-32-51-30-34-17-9-6-10-18-34/h5-28,48H,29-32H2,1-4H3. The van der Waals surface area contributed by atoms with Crippen LogP contribution in [0.5, 0.6) is 23.0 Å². The summed E-state index contributed by atoms with van der Waals surface area (Å²) >= 11 is 0. The zero-order chi connectivity index (χ0) is 37.5. The van der Waals surface area contributed by atoms with Crippen LogP contribution in [0, 0.1) is 0 Å². The van der Waals surface area contributed by atoms with E-state index in [-0.39, 0.29) is 24.8 Å². The van der Waals surface area contributed by atoms with Gasteiger partial charge in [0.25, 0.3) is 0 Å². The van der Waals surface area contributed by atoms with Gasteiger partial charge in [0.1, 0.15) is 23.0 Å². The second-order valence-electron chi connectivity index (χ2n) is 14.1. The molecular weight excluding hydrogens is 691 g/mol. The summed E-state index contributed by atoms with van der Waals surface area (Å²) in [5, 5.41) is 18.8. The fraction of sp³-hybridized carbons (Fsp3) is 0.191. The van der Waals surface area contributed by atoms with Crippen molar-refractivity contribution in [3.05, 3.63) is 162 Å². The summed E-state index contributed by atoms with van der Waals surface area (Å²) in [5.74, 6) is 2.25. The van der Waals surface area contributed by atoms with E-state index < -0.39 is 7.92 Å². The van der Waals surface area contributed by atoms with Crippen molar-refractivity contribution in [3.63, 3.8) is 0 Å². The maximum absolute atomic E-state index is 12.4. The van der Waals surface area contributed by atoms with Crippen LogP contribution in [0.4, 0.5) is 0 Å². The molecule has 1 N–H and O–H groups in total. The lowest BCUT2D eigenvalue weighted by molar-refractivity contribution is 0.00645. The van der Waals surface area contributed by atoms with Gasteiger partial charge in [-0.2, -0.15) is 0 Å². The normalized spacial score (nSPS) is 11.6. The number of methoxy groups -OCH3 is 1. The van der Waals surface area contributed by atoms with Gasteiger partial charge in [0.2, 0.25) is 0 Å². The Balaban J connectivity index is 1.40. The molecule has 7 aromatic rings. The van der Waals surface area contributed by atoms with Crippen LogP contribution < -0.4 is 30.1 Å². The van der Waals surface area contributed by atoms with Gasteiger partial charge in [-0.3, -0.25) is 0 Å². The topological polar surface area (TPSA) is 66.4 Å². The third-order valence-corrected chi connectivity index (χ3v) is 11.8. The molecule has 0 saturated heterocycles. The zero-order valence-corrected chi connectivity index (χ0v) is 32.0. The van der Waals surface area contributed by atoms with Crippen molar-refractivity contribution in [1.82, 2.24) is 0 Å². The molecule has 0 aromatic heterocycles. The molecular formula is C47H45O6P. The minimum Gasteiger partial charge on any atom is -0.507 e. The van der Waals surface area contributed by atoms with Gasteiger partial charge in [-0.25, -0.2) is 0 Å². The Morgan fingerprint density at radius 3 is 1.46 bits per heavy atom. The Labute approximate surface area is 318 Å². The van der Waals surface area contributed by atoms with Gasteiger partial charge in [0, 0.05) is 32.2 Å². The van der Waals surface area contributed by atoms with E-state index in [4.69, 9.17) is 23.7 Å². The molecule has 0 aliphatic heterocycles. The van der Waals surface area contributed by atoms with E-state index in [0.29, 0.717) is 30.5 Å². The molecule has 7 heteroatoms. The van der Waals surface area contributed by atoms with E-state index in [2.05, 4.69) is 69.3 Å². The van der Waals surface area contributed by atoms with Gasteiger partial charge < -0.3 is 28.8 Å². The Bertz CT molecular complexity index is 2210. The molecule has 7 aromatic carbocycles. The van der Waals surface area contributed by atoms with Crippen molar-refractivity contribution in [3.8, 4) is 23.0 Å². The van der Waals surface area contributed by atoms with Crippen molar-refractivity contribution < 1.29 is 28.8 Å². The molecule has 274 valence electrons. The number of phenols is 1. The first-order valence-electron chi connectivity index (χ1n) is 18.1. The number of hydrogen-bond donors (Lipinski definition) is 1. The predicted molar refractivity (Wildman–Crippen MR) is 221 cm³/mol. The van der Waals surface area contributed by atoms with E-state index in [0.717, 1.165) is 54.1 Å². The summed E-state index contributed by atoms with van der Waals surface area (Å²) in [5.41, 5.74) is 2.53. The van der Waals surface area contributed by atoms with Crippen molar-refractivity contribution in [2.45, 2.75) is 39.4 Å². The number of hydrogen-bond acceptors (Lipinski definition) is 6. The summed E-state index contributed by atoms with van der Waals surface area (Å²) in [4.78, 5) is 0. The molecule has 0 spiro atoms. The third kappa shape index (κ3) is 8.22. The molecule has 0 bridgehead atoms. The number of ether oxygens (including phenoxy) is 5. The maximum Gasteiger partial charge on any atom is 0.189 e. The molecule has 0 saturated carbocycles. The van der Waals surface area contributed by atoms with Crippen molar-refractivity contribution in [2.24, 2.45) is 0 Å². The molecule has 7 rings (SSSR count). The van der Waals surface area contributed by atoms with Crippen LogP contribution in [0.1, 0.15) is 37.5 Å². The zero-order valence-electron chi connectivity index (χ0n) is 31.1. The number of fused-ring (bicyclic) bond motifs is 2. The molecule has 0 heterocycles. The molecule has 0 radical (unpaired) electrons. The summed E-state index contributed by atoms with van der Waals surface area (Å²) in [6.45, 7) is 7.17. The summed E-state index contributed by atoms with van der Waals surface area (Å²) in [7, 11) is 0.100. The summed E-state index contributed by atoms with van der Waals surface area (Å²) in [6, 6.07) is 48.8. The third-order valence-electron chi connectivity index (χ3n) is 9.34. The Morgan fingerprint density at radius 1 is 0.537 bits per heavy atom. The first-order valence-corrected chi connectivity index (χ1v) is 19.4. The van der Waals surface area contributed by atoms with Crippen LogP contribution in [-0.2, 0) is 28.1 Å². The molecule has 0 aliphatic rings. The number of aromatic hydroxyl groups is 1. The number of phenolic OH excluding ortho intramolecular Hbond substituents is 1. The first-order chi connectivity index (χ1) is 26.3. The molecule has 6 nitrogen and oxygen atoms in total. The molecule has 0 unspecified atom stereocenters. The van der Waals surface area contributed by atoms with Crippen molar-refractivity contribution in [2.75, 3.05) is 20.7 Å². The second kappa shape index (κ2) is 16.7. The molecule has 0 atom stereocenters. The fourth-order valence-electron chi connectivity index (χ4n) is 6.63. The average molecular weight is 737 g/mol. The second-order valence-corrected chi connectivity index (χ2v) is 16.2. The van der Waals surface area contributed by atoms with Crippen LogP contribution in [0.15, 0.2) is 146 Å². The smallest absolute Gasteiger partial charge is 0.189 e. The SMILES string of the molecule is COc1cc(P(c2ccc3ccccc3c2OCOCc2ccccc2)c2ccc3ccccc3c2OCOCc2ccccc2)c(O)c(C(C)(C)C)c1. The van der Waals surface area contributed by atoms with Gasteiger partial charge in [-0.05, 0) is 59.5 Å². The van der Waals surface area contributed by atoms with Crippen molar-refractivity contribution in [1.29, 1.82) is 0 Å². The minimum atomic E-state index is -1.56. The fourth-order valence-corrected chi connectivity index (χ4v) is 9.22. The minimum absolute atomic E-state index is 0.0326. The highest BCUT2D eigenvalue weighted by molar-refractivity contribution is 7.80. The summed E-state index contributed by atoms with van der Waals surface area (Å²) in [6.07, 6.45) is 0. The number of benzene rings is 7. The lowest BCUT2D eigenvalue weighted by Gasteiger charge is -2.29. The molecule has 0 amide bonds. The van der Waals surface area contributed by atoms with Gasteiger partial charge in [-0.15, -0.1) is 0 Å². The van der Waals surface area contributed by atoms with E-state index in [1.54, 1.807) is 7.11 Å². The van der Waals surface area contributed by atoms with Crippen LogP contribution in [-0.4, -0.2) is 25.8 Å². The van der Waals surface area contributed by atoms with Crippen LogP contribution in [0.3, 0.4) is 0 Å². The predicted octanol–water partition coefficient (Wildman–Crippen LogP) is 9.87. The lowest BCUT2D eigenvalue weighted by atomic mass is 9.86. The Kier molecular flexibility index (Phi) is 11.5. The molecule has 0 aliphatic carbocycles. The average Bonchev–Trinajstić information content (AvgIpc) is 3.20. The monoisotopic (exact) mass is 736 g/mol. The quantitative estimate of drug-likeness (QED) is 0.0682. The maximum atomic E-state index is 12.4. The van der Waals surface area contributed by atoms with Crippen LogP contribution in [0.25, 0.3) is 21.5 Å². The Morgan fingerprint density at radius 2 is 1.00 bits per heavy atom. The largest absolute Gasteiger partial charge is 0.507 e. The molecule has 54 heavy (non-hydrogen) atoms. The van der Waals surface area contributed by atoms with E-state index in [1.165, 1.54) is 0 Å². The Hall–Kier alpha value is -5.39. The lowest BCUT2D eigenvalue weighted by Crippen LogP contribution is -2.27. The van der Waals surface area contributed by atoms with Gasteiger partial charge in [0.15, 0.2) is 13.6 Å². The van der Waals surface area contributed by atoms with Crippen LogP contribution in [0.2, 0.25) is 0 Å². The highest BCUT2D eigenvalue weighted by Crippen LogP contribution is 2.48. The van der Waals surface area contributed by atoms with Gasteiger partial charge in [0.05, 0.1) is 20.3 Å². The van der Waals surface area contributed by atoms with E-state index in [9.17, 15) is 5.11 Å². The highest BCUT2D eigenvalue weighted by atomic mass is 31.1. The highest BCUT2D eigenvalue weighted by Gasteiger charge is 2.32. The van der Waals surface area contributed by atoms with Gasteiger partial charge in [-0.1, -0.05) is 142 Å². The number of rotatable bonds is 14. The van der Waals surface area contributed by atoms with Gasteiger partial charge >= 0.3 is 0 Å². The first kappa shape index (κ1) is 36.9.